The van der Waals surface area contributed by atoms with Crippen molar-refractivity contribution in [2.24, 2.45) is 13.0 Å². The Balaban J connectivity index is 2.21. The second-order valence-corrected chi connectivity index (χ2v) is 5.93. The molecule has 1 aromatic rings. The normalized spacial score (nSPS) is 22.8. The monoisotopic (exact) mass is 247 g/mol. The van der Waals surface area contributed by atoms with Gasteiger partial charge in [-0.05, 0) is 6.42 Å². The third-order valence-corrected chi connectivity index (χ3v) is 4.50. The molecule has 1 aromatic heterocycles. The fourth-order valence-corrected chi connectivity index (χ4v) is 3.29. The van der Waals surface area contributed by atoms with E-state index in [1.54, 1.807) is 11.6 Å². The summed E-state index contributed by atoms with van der Waals surface area (Å²) in [6.45, 7) is 0.178. The minimum absolute atomic E-state index is 0.0366. The minimum Gasteiger partial charge on any atom is -0.339 e. The van der Waals surface area contributed by atoms with Crippen LogP contribution < -0.4 is 0 Å². The Labute approximate surface area is 93.9 Å². The van der Waals surface area contributed by atoms with Crippen LogP contribution in [0.5, 0.6) is 0 Å². The topological polar surface area (TPSA) is 55.2 Å². The molecular formula is C9H14FN3O2S. The second kappa shape index (κ2) is 4.14. The highest BCUT2D eigenvalue weighted by Crippen LogP contribution is 2.23. The second-order valence-electron chi connectivity index (χ2n) is 4.05. The molecule has 1 saturated heterocycles. The van der Waals surface area contributed by atoms with E-state index in [9.17, 15) is 12.8 Å². The average molecular weight is 247 g/mol. The van der Waals surface area contributed by atoms with Gasteiger partial charge in [0.25, 0.3) is 10.0 Å². The van der Waals surface area contributed by atoms with Crippen molar-refractivity contribution in [1.29, 1.82) is 0 Å². The molecule has 1 aliphatic rings. The number of halogens is 1. The summed E-state index contributed by atoms with van der Waals surface area (Å²) in [7, 11) is -1.82. The van der Waals surface area contributed by atoms with Gasteiger partial charge in [0.15, 0.2) is 5.03 Å². The lowest BCUT2D eigenvalue weighted by Gasteiger charge is -2.13. The molecule has 0 radical (unpaired) electrons. The van der Waals surface area contributed by atoms with Crippen LogP contribution in [0.2, 0.25) is 0 Å². The molecule has 1 fully saturated rings. The van der Waals surface area contributed by atoms with Crippen LogP contribution in [0, 0.1) is 5.92 Å². The fraction of sp³-hybridized carbons (Fsp3) is 0.667. The standard InChI is InChI=1S/C9H14FN3O2S/c1-12-6-9(11-7-12)16(14,15)13-3-2-8(4-10)5-13/h6-8H,2-5H2,1H3. The van der Waals surface area contributed by atoms with Crippen molar-refractivity contribution in [3.8, 4) is 0 Å². The summed E-state index contributed by atoms with van der Waals surface area (Å²) >= 11 is 0. The molecule has 5 nitrogen and oxygen atoms in total. The van der Waals surface area contributed by atoms with Crippen molar-refractivity contribution < 1.29 is 12.8 Å². The van der Waals surface area contributed by atoms with E-state index in [2.05, 4.69) is 4.98 Å². The number of hydrogen-bond acceptors (Lipinski definition) is 3. The fourth-order valence-electron chi connectivity index (χ4n) is 1.80. The first-order valence-electron chi connectivity index (χ1n) is 5.08. The highest BCUT2D eigenvalue weighted by Gasteiger charge is 2.33. The number of nitrogens with zero attached hydrogens (tertiary/aromatic N) is 3. The molecule has 0 spiro atoms. The molecule has 0 amide bonds. The van der Waals surface area contributed by atoms with Crippen LogP contribution in [-0.2, 0) is 17.1 Å². The predicted octanol–water partition coefficient (Wildman–Crippen LogP) is 0.400. The number of sulfonamides is 1. The molecule has 7 heteroatoms. The van der Waals surface area contributed by atoms with E-state index in [0.29, 0.717) is 13.0 Å². The lowest BCUT2D eigenvalue weighted by atomic mass is 10.1. The van der Waals surface area contributed by atoms with E-state index in [1.807, 2.05) is 0 Å². The summed E-state index contributed by atoms with van der Waals surface area (Å²) in [4.78, 5) is 3.82. The molecule has 2 heterocycles. The Hall–Kier alpha value is -0.950. The molecule has 1 unspecified atom stereocenters. The van der Waals surface area contributed by atoms with Crippen LogP contribution in [0.15, 0.2) is 17.6 Å². The summed E-state index contributed by atoms with van der Waals surface area (Å²) in [5, 5.41) is 0.0366. The highest BCUT2D eigenvalue weighted by atomic mass is 32.2. The molecule has 0 bridgehead atoms. The van der Waals surface area contributed by atoms with Gasteiger partial charge in [-0.2, -0.15) is 4.31 Å². The maximum atomic E-state index is 12.4. The van der Waals surface area contributed by atoms with Gasteiger partial charge in [0, 0.05) is 32.3 Å². The van der Waals surface area contributed by atoms with Crippen molar-refractivity contribution >= 4 is 10.0 Å². The number of rotatable bonds is 3. The van der Waals surface area contributed by atoms with Gasteiger partial charge >= 0.3 is 0 Å². The van der Waals surface area contributed by atoms with Crippen LogP contribution in [0.3, 0.4) is 0 Å². The summed E-state index contributed by atoms with van der Waals surface area (Å²) in [5.74, 6) is -0.168. The lowest BCUT2D eigenvalue weighted by molar-refractivity contribution is 0.366. The van der Waals surface area contributed by atoms with Crippen molar-refractivity contribution in [1.82, 2.24) is 13.9 Å². The maximum Gasteiger partial charge on any atom is 0.262 e. The third kappa shape index (κ3) is 1.97. The zero-order valence-corrected chi connectivity index (χ0v) is 9.82. The van der Waals surface area contributed by atoms with Gasteiger partial charge in [-0.15, -0.1) is 0 Å². The van der Waals surface area contributed by atoms with Crippen LogP contribution >= 0.6 is 0 Å². The molecule has 0 aromatic carbocycles. The van der Waals surface area contributed by atoms with Crippen LogP contribution in [0.25, 0.3) is 0 Å². The molecule has 0 N–H and O–H groups in total. The zero-order valence-electron chi connectivity index (χ0n) is 9.00. The van der Waals surface area contributed by atoms with E-state index >= 15 is 0 Å². The van der Waals surface area contributed by atoms with Gasteiger partial charge in [-0.3, -0.25) is 4.39 Å². The first kappa shape index (κ1) is 11.5. The third-order valence-electron chi connectivity index (χ3n) is 2.75. The quantitative estimate of drug-likeness (QED) is 0.777. The smallest absolute Gasteiger partial charge is 0.262 e. The number of imidazole rings is 1. The Kier molecular flexibility index (Phi) is 2.98. The van der Waals surface area contributed by atoms with E-state index in [4.69, 9.17) is 0 Å². The number of aryl methyl sites for hydroxylation is 1. The molecule has 90 valence electrons. The SMILES string of the molecule is Cn1cnc(S(=O)(=O)N2CCC(CF)C2)c1. The van der Waals surface area contributed by atoms with Crippen molar-refractivity contribution in [2.75, 3.05) is 19.8 Å². The summed E-state index contributed by atoms with van der Waals surface area (Å²) in [6.07, 6.45) is 3.48. The van der Waals surface area contributed by atoms with E-state index in [-0.39, 0.29) is 17.5 Å². The van der Waals surface area contributed by atoms with Crippen molar-refractivity contribution in [2.45, 2.75) is 11.4 Å². The molecule has 0 aliphatic carbocycles. The van der Waals surface area contributed by atoms with Gasteiger partial charge in [0.1, 0.15) is 0 Å². The predicted molar refractivity (Wildman–Crippen MR) is 56.0 cm³/mol. The number of hydrogen-bond donors (Lipinski definition) is 0. The van der Waals surface area contributed by atoms with Gasteiger partial charge in [-0.25, -0.2) is 13.4 Å². The summed E-state index contributed by atoms with van der Waals surface area (Å²) in [6, 6.07) is 0. The Bertz CT molecular complexity index is 471. The molecule has 1 atom stereocenters. The van der Waals surface area contributed by atoms with E-state index in [0.717, 1.165) is 0 Å². The largest absolute Gasteiger partial charge is 0.339 e. The Morgan fingerprint density at radius 3 is 2.88 bits per heavy atom. The van der Waals surface area contributed by atoms with Gasteiger partial charge in [-0.1, -0.05) is 0 Å². The van der Waals surface area contributed by atoms with Gasteiger partial charge in [0.2, 0.25) is 0 Å². The highest BCUT2D eigenvalue weighted by molar-refractivity contribution is 7.89. The minimum atomic E-state index is -3.53. The number of aromatic nitrogens is 2. The van der Waals surface area contributed by atoms with Gasteiger partial charge in [0.05, 0.1) is 13.0 Å². The summed E-state index contributed by atoms with van der Waals surface area (Å²) in [5.41, 5.74) is 0. The van der Waals surface area contributed by atoms with E-state index < -0.39 is 16.7 Å². The van der Waals surface area contributed by atoms with Crippen LogP contribution in [-0.4, -0.2) is 42.0 Å². The Morgan fingerprint density at radius 1 is 1.62 bits per heavy atom. The molecule has 0 saturated carbocycles. The zero-order chi connectivity index (χ0) is 11.8. The maximum absolute atomic E-state index is 12.4. The average Bonchev–Trinajstić information content (AvgIpc) is 2.85. The van der Waals surface area contributed by atoms with Crippen molar-refractivity contribution in [3.05, 3.63) is 12.5 Å². The number of alkyl halides is 1. The van der Waals surface area contributed by atoms with Crippen molar-refractivity contribution in [3.63, 3.8) is 0 Å². The first-order valence-corrected chi connectivity index (χ1v) is 6.52. The Morgan fingerprint density at radius 2 is 2.38 bits per heavy atom. The molecule has 16 heavy (non-hydrogen) atoms. The van der Waals surface area contributed by atoms with Gasteiger partial charge < -0.3 is 4.57 Å². The van der Waals surface area contributed by atoms with Crippen LogP contribution in [0.1, 0.15) is 6.42 Å². The van der Waals surface area contributed by atoms with E-state index in [1.165, 1.54) is 16.8 Å². The lowest BCUT2D eigenvalue weighted by Crippen LogP contribution is -2.29. The van der Waals surface area contributed by atoms with Crippen LogP contribution in [0.4, 0.5) is 4.39 Å². The molecule has 2 rings (SSSR count). The molecule has 1 aliphatic heterocycles. The molecular weight excluding hydrogens is 233 g/mol. The first-order chi connectivity index (χ1) is 7.54. The summed E-state index contributed by atoms with van der Waals surface area (Å²) < 4.78 is 39.4.